The number of hydrogen-bond acceptors (Lipinski definition) is 3. The summed E-state index contributed by atoms with van der Waals surface area (Å²) in [6.45, 7) is 2.67. The van der Waals surface area contributed by atoms with Crippen LogP contribution in [0.2, 0.25) is 0 Å². The number of nitrogens with two attached hydrogens (primary N) is 1. The summed E-state index contributed by atoms with van der Waals surface area (Å²) in [6.07, 6.45) is 0.893. The molecule has 0 bridgehead atoms. The average Bonchev–Trinajstić information content (AvgIpc) is 2.56. The lowest BCUT2D eigenvalue weighted by Gasteiger charge is -2.19. The third-order valence-corrected chi connectivity index (χ3v) is 3.08. The molecule has 2 rings (SSSR count). The van der Waals surface area contributed by atoms with Crippen LogP contribution in [0, 0.1) is 5.82 Å². The Bertz CT molecular complexity index is 436. The van der Waals surface area contributed by atoms with Gasteiger partial charge in [-0.3, -0.25) is 9.69 Å². The van der Waals surface area contributed by atoms with Gasteiger partial charge in [0.1, 0.15) is 5.82 Å². The molecule has 3 N–H and O–H groups in total. The zero-order chi connectivity index (χ0) is 13.0. The van der Waals surface area contributed by atoms with Crippen LogP contribution in [0.25, 0.3) is 0 Å². The summed E-state index contributed by atoms with van der Waals surface area (Å²) in [5, 5.41) is 2.80. The van der Waals surface area contributed by atoms with E-state index in [1.165, 1.54) is 6.07 Å². The fraction of sp³-hybridized carbons (Fsp3) is 0.462. The summed E-state index contributed by atoms with van der Waals surface area (Å²) >= 11 is 0. The molecule has 1 amide bonds. The smallest absolute Gasteiger partial charge is 0.234 e. The monoisotopic (exact) mass is 251 g/mol. The zero-order valence-electron chi connectivity index (χ0n) is 10.3. The molecule has 0 unspecified atom stereocenters. The Hall–Kier alpha value is -1.46. The molecule has 0 saturated carbocycles. The van der Waals surface area contributed by atoms with E-state index in [9.17, 15) is 9.18 Å². The molecule has 0 spiro atoms. The van der Waals surface area contributed by atoms with Crippen LogP contribution >= 0.6 is 0 Å². The Labute approximate surface area is 106 Å². The predicted octanol–water partition coefficient (Wildman–Crippen LogP) is 0.606. The molecule has 1 aromatic carbocycles. The van der Waals surface area contributed by atoms with E-state index in [0.29, 0.717) is 31.7 Å². The first-order chi connectivity index (χ1) is 8.69. The lowest BCUT2D eigenvalue weighted by molar-refractivity contribution is -0.121. The highest BCUT2D eigenvalue weighted by Gasteiger charge is 2.16. The van der Waals surface area contributed by atoms with Gasteiger partial charge in [-0.05, 0) is 18.1 Å². The molecular weight excluding hydrogens is 233 g/mol. The molecule has 1 saturated heterocycles. The van der Waals surface area contributed by atoms with Gasteiger partial charge in [0.2, 0.25) is 5.91 Å². The Morgan fingerprint density at radius 1 is 1.44 bits per heavy atom. The van der Waals surface area contributed by atoms with E-state index in [2.05, 4.69) is 5.32 Å². The second-order valence-corrected chi connectivity index (χ2v) is 4.54. The number of nitrogens with zero attached hydrogens (tertiary/aromatic N) is 1. The van der Waals surface area contributed by atoms with Gasteiger partial charge < -0.3 is 11.1 Å². The first kappa shape index (κ1) is 13.0. The fourth-order valence-electron chi connectivity index (χ4n) is 2.12. The van der Waals surface area contributed by atoms with Crippen molar-refractivity contribution < 1.29 is 9.18 Å². The highest BCUT2D eigenvalue weighted by Crippen LogP contribution is 2.13. The van der Waals surface area contributed by atoms with E-state index in [4.69, 9.17) is 5.73 Å². The Morgan fingerprint density at radius 2 is 2.28 bits per heavy atom. The van der Waals surface area contributed by atoms with E-state index in [1.807, 2.05) is 4.90 Å². The van der Waals surface area contributed by atoms with Crippen molar-refractivity contribution in [3.8, 4) is 0 Å². The van der Waals surface area contributed by atoms with Gasteiger partial charge in [-0.15, -0.1) is 0 Å². The summed E-state index contributed by atoms with van der Waals surface area (Å²) in [5.74, 6) is -0.236. The average molecular weight is 251 g/mol. The second kappa shape index (κ2) is 5.93. The molecule has 4 nitrogen and oxygen atoms in total. The van der Waals surface area contributed by atoms with Crippen LogP contribution in [-0.2, 0) is 17.9 Å². The molecule has 18 heavy (non-hydrogen) atoms. The number of carbonyl (C=O) groups is 1. The van der Waals surface area contributed by atoms with Gasteiger partial charge in [0.25, 0.3) is 0 Å². The van der Waals surface area contributed by atoms with Gasteiger partial charge in [-0.1, -0.05) is 12.1 Å². The fourth-order valence-corrected chi connectivity index (χ4v) is 2.12. The van der Waals surface area contributed by atoms with Crippen molar-refractivity contribution in [1.29, 1.82) is 0 Å². The maximum atomic E-state index is 13.7. The maximum absolute atomic E-state index is 13.7. The Balaban J connectivity index is 2.09. The standard InChI is InChI=1S/C13H18FN3O/c14-12-3-2-10(7-15)6-11(12)8-17-5-1-4-16-13(18)9-17/h2-3,6H,1,4-5,7-9,15H2,(H,16,18). The SMILES string of the molecule is NCc1ccc(F)c(CN2CCCNC(=O)C2)c1. The van der Waals surface area contributed by atoms with E-state index >= 15 is 0 Å². The van der Waals surface area contributed by atoms with Crippen molar-refractivity contribution in [2.75, 3.05) is 19.6 Å². The van der Waals surface area contributed by atoms with Crippen molar-refractivity contribution in [3.63, 3.8) is 0 Å². The molecular formula is C13H18FN3O. The summed E-state index contributed by atoms with van der Waals surface area (Å²) in [5.41, 5.74) is 7.06. The van der Waals surface area contributed by atoms with E-state index in [0.717, 1.165) is 18.5 Å². The van der Waals surface area contributed by atoms with Crippen LogP contribution in [0.3, 0.4) is 0 Å². The molecule has 1 heterocycles. The minimum atomic E-state index is -0.239. The maximum Gasteiger partial charge on any atom is 0.234 e. The van der Waals surface area contributed by atoms with Crippen molar-refractivity contribution in [2.24, 2.45) is 5.73 Å². The van der Waals surface area contributed by atoms with Gasteiger partial charge in [-0.2, -0.15) is 0 Å². The zero-order valence-corrected chi connectivity index (χ0v) is 10.3. The first-order valence-electron chi connectivity index (χ1n) is 6.15. The molecule has 0 aliphatic carbocycles. The number of nitrogens with one attached hydrogen (secondary N) is 1. The minimum Gasteiger partial charge on any atom is -0.355 e. The lowest BCUT2D eigenvalue weighted by atomic mass is 10.1. The highest BCUT2D eigenvalue weighted by molar-refractivity contribution is 5.78. The Morgan fingerprint density at radius 3 is 3.06 bits per heavy atom. The quantitative estimate of drug-likeness (QED) is 0.827. The lowest BCUT2D eigenvalue weighted by Crippen LogP contribution is -2.32. The Kier molecular flexibility index (Phi) is 4.28. The summed E-state index contributed by atoms with van der Waals surface area (Å²) < 4.78 is 13.7. The number of benzene rings is 1. The molecule has 0 radical (unpaired) electrons. The van der Waals surface area contributed by atoms with Gasteiger partial charge in [0, 0.05) is 31.7 Å². The minimum absolute atomic E-state index is 0.00267. The summed E-state index contributed by atoms with van der Waals surface area (Å²) in [4.78, 5) is 13.4. The van der Waals surface area contributed by atoms with Gasteiger partial charge in [-0.25, -0.2) is 4.39 Å². The molecule has 5 heteroatoms. The third kappa shape index (κ3) is 3.27. The first-order valence-corrected chi connectivity index (χ1v) is 6.15. The molecule has 0 atom stereocenters. The largest absolute Gasteiger partial charge is 0.355 e. The van der Waals surface area contributed by atoms with Crippen LogP contribution < -0.4 is 11.1 Å². The van der Waals surface area contributed by atoms with Crippen LogP contribution in [0.1, 0.15) is 17.5 Å². The van der Waals surface area contributed by atoms with Crippen molar-refractivity contribution in [3.05, 3.63) is 35.1 Å². The molecule has 1 aromatic rings. The molecule has 1 aliphatic rings. The van der Waals surface area contributed by atoms with E-state index < -0.39 is 0 Å². The van der Waals surface area contributed by atoms with Crippen LogP contribution in [0.5, 0.6) is 0 Å². The van der Waals surface area contributed by atoms with Crippen LogP contribution in [-0.4, -0.2) is 30.4 Å². The van der Waals surface area contributed by atoms with E-state index in [-0.39, 0.29) is 11.7 Å². The second-order valence-electron chi connectivity index (χ2n) is 4.54. The van der Waals surface area contributed by atoms with Crippen molar-refractivity contribution in [2.45, 2.75) is 19.5 Å². The van der Waals surface area contributed by atoms with Crippen LogP contribution in [0.4, 0.5) is 4.39 Å². The summed E-state index contributed by atoms with van der Waals surface area (Å²) in [6, 6.07) is 4.90. The van der Waals surface area contributed by atoms with E-state index in [1.54, 1.807) is 12.1 Å². The summed E-state index contributed by atoms with van der Waals surface area (Å²) in [7, 11) is 0. The highest BCUT2D eigenvalue weighted by atomic mass is 19.1. The molecule has 98 valence electrons. The van der Waals surface area contributed by atoms with Crippen molar-refractivity contribution >= 4 is 5.91 Å². The van der Waals surface area contributed by atoms with Gasteiger partial charge >= 0.3 is 0 Å². The number of rotatable bonds is 3. The molecule has 1 aliphatic heterocycles. The third-order valence-electron chi connectivity index (χ3n) is 3.08. The predicted molar refractivity (Wildman–Crippen MR) is 67.2 cm³/mol. The molecule has 0 aromatic heterocycles. The normalized spacial score (nSPS) is 17.3. The topological polar surface area (TPSA) is 58.4 Å². The van der Waals surface area contributed by atoms with Gasteiger partial charge in [0.05, 0.1) is 6.54 Å². The van der Waals surface area contributed by atoms with Crippen LogP contribution in [0.15, 0.2) is 18.2 Å². The number of halogens is 1. The number of hydrogen-bond donors (Lipinski definition) is 2. The number of amides is 1. The van der Waals surface area contributed by atoms with Gasteiger partial charge in [0.15, 0.2) is 0 Å². The van der Waals surface area contributed by atoms with Crippen molar-refractivity contribution in [1.82, 2.24) is 10.2 Å². The number of carbonyl (C=O) groups excluding carboxylic acids is 1. The molecule has 1 fully saturated rings.